The summed E-state index contributed by atoms with van der Waals surface area (Å²) in [5.41, 5.74) is 4.75. The molecule has 18 heavy (non-hydrogen) atoms. The highest BCUT2D eigenvalue weighted by Gasteiger charge is 2.63. The smallest absolute Gasteiger partial charge is 0.322 e. The highest BCUT2D eigenvalue weighted by molar-refractivity contribution is 7.74. The van der Waals surface area contributed by atoms with Gasteiger partial charge < -0.3 is 19.6 Å². The van der Waals surface area contributed by atoms with Crippen LogP contribution in [0.5, 0.6) is 0 Å². The number of nitrogens with two attached hydrogens (primary N) is 1. The molecule has 100 valence electrons. The van der Waals surface area contributed by atoms with Gasteiger partial charge in [-0.15, -0.1) is 0 Å². The van der Waals surface area contributed by atoms with Crippen LogP contribution in [0.2, 0.25) is 0 Å². The van der Waals surface area contributed by atoms with E-state index in [2.05, 4.69) is 0 Å². The Bertz CT molecular complexity index is 524. The molecule has 0 fully saturated rings. The summed E-state index contributed by atoms with van der Waals surface area (Å²) in [4.78, 5) is 47.8. The van der Waals surface area contributed by atoms with Crippen molar-refractivity contribution in [2.45, 2.75) is 5.02 Å². The summed E-state index contributed by atoms with van der Waals surface area (Å²) < 4.78 is 22.3. The van der Waals surface area contributed by atoms with E-state index in [0.29, 0.717) is 0 Å². The third-order valence-corrected chi connectivity index (χ3v) is 6.00. The number of hydrogen-bond donors (Lipinski definition) is 5. The summed E-state index contributed by atoms with van der Waals surface area (Å²) in [6, 6.07) is 6.55. The van der Waals surface area contributed by atoms with Crippen molar-refractivity contribution >= 4 is 21.0 Å². The first-order chi connectivity index (χ1) is 8.02. The monoisotopic (exact) mass is 295 g/mol. The van der Waals surface area contributed by atoms with Crippen LogP contribution < -0.4 is 5.73 Å². The molecule has 0 radical (unpaired) electrons. The minimum atomic E-state index is -5.57. The van der Waals surface area contributed by atoms with Crippen LogP contribution in [-0.2, 0) is 9.13 Å². The van der Waals surface area contributed by atoms with E-state index < -0.39 is 26.0 Å². The van der Waals surface area contributed by atoms with Crippen LogP contribution in [0.3, 0.4) is 0 Å². The number of benzene rings is 1. The standard InChI is InChI=1S/C8H11NO7P2/c9-8(17(11,12)13,18(14,15)16)7(10)6-4-2-1-3-5-6/h1-5H,9H2,(H2,11,12,13)(H2,14,15,16). The molecule has 0 aliphatic carbocycles. The molecule has 0 aromatic heterocycles. The average Bonchev–Trinajstić information content (AvgIpc) is 2.25. The minimum absolute atomic E-state index is 0.299. The SMILES string of the molecule is NC(C(=O)c1ccccc1)(P(=O)(O)O)P(=O)(O)O. The zero-order valence-corrected chi connectivity index (χ0v) is 10.7. The number of carbonyl (C=O) groups excluding carboxylic acids is 1. The van der Waals surface area contributed by atoms with E-state index in [0.717, 1.165) is 12.1 Å². The van der Waals surface area contributed by atoms with E-state index in [1.807, 2.05) is 0 Å². The highest BCUT2D eigenvalue weighted by Crippen LogP contribution is 2.66. The summed E-state index contributed by atoms with van der Waals surface area (Å²) in [6.45, 7) is 0. The second-order valence-electron chi connectivity index (χ2n) is 3.51. The van der Waals surface area contributed by atoms with Crippen molar-refractivity contribution in [1.29, 1.82) is 0 Å². The van der Waals surface area contributed by atoms with Crippen molar-refractivity contribution in [3.8, 4) is 0 Å². The number of hydrogen-bond acceptors (Lipinski definition) is 4. The van der Waals surface area contributed by atoms with Crippen LogP contribution in [0.4, 0.5) is 0 Å². The summed E-state index contributed by atoms with van der Waals surface area (Å²) in [5.74, 6) is -1.51. The molecule has 8 nitrogen and oxygen atoms in total. The summed E-state index contributed by atoms with van der Waals surface area (Å²) in [6.07, 6.45) is 0. The quantitative estimate of drug-likeness (QED) is 0.378. The van der Waals surface area contributed by atoms with E-state index in [1.165, 1.54) is 18.2 Å². The number of rotatable bonds is 4. The van der Waals surface area contributed by atoms with Gasteiger partial charge in [-0.25, -0.2) is 0 Å². The molecule has 0 spiro atoms. The molecular weight excluding hydrogens is 284 g/mol. The number of carbonyl (C=O) groups is 1. The van der Waals surface area contributed by atoms with Gasteiger partial charge in [0.25, 0.3) is 5.02 Å². The van der Waals surface area contributed by atoms with Crippen molar-refractivity contribution in [3.63, 3.8) is 0 Å². The molecule has 0 aliphatic rings. The van der Waals surface area contributed by atoms with Crippen LogP contribution >= 0.6 is 15.2 Å². The molecule has 0 bridgehead atoms. The molecule has 0 saturated heterocycles. The van der Waals surface area contributed by atoms with Gasteiger partial charge in [-0.05, 0) is 0 Å². The summed E-state index contributed by atoms with van der Waals surface area (Å²) in [5, 5.41) is -3.57. The van der Waals surface area contributed by atoms with Gasteiger partial charge in [-0.3, -0.25) is 19.7 Å². The van der Waals surface area contributed by atoms with Gasteiger partial charge in [0, 0.05) is 5.56 Å². The lowest BCUT2D eigenvalue weighted by molar-refractivity contribution is 0.0950. The van der Waals surface area contributed by atoms with Crippen molar-refractivity contribution in [1.82, 2.24) is 0 Å². The van der Waals surface area contributed by atoms with Gasteiger partial charge in [0.2, 0.25) is 5.78 Å². The molecule has 10 heteroatoms. The fraction of sp³-hybridized carbons (Fsp3) is 0.125. The second-order valence-corrected chi connectivity index (χ2v) is 7.45. The van der Waals surface area contributed by atoms with Crippen molar-refractivity contribution in [2.24, 2.45) is 5.73 Å². The Kier molecular flexibility index (Phi) is 3.95. The fourth-order valence-electron chi connectivity index (χ4n) is 1.24. The molecule has 0 heterocycles. The lowest BCUT2D eigenvalue weighted by atomic mass is 10.1. The molecule has 0 atom stereocenters. The third-order valence-electron chi connectivity index (χ3n) is 2.26. The molecule has 6 N–H and O–H groups in total. The molecule has 0 aliphatic heterocycles. The molecule has 1 aromatic rings. The molecule has 0 unspecified atom stereocenters. The lowest BCUT2D eigenvalue weighted by Gasteiger charge is -2.28. The minimum Gasteiger partial charge on any atom is -0.322 e. The zero-order chi connectivity index (χ0) is 14.2. The van der Waals surface area contributed by atoms with Crippen LogP contribution in [0.25, 0.3) is 0 Å². The van der Waals surface area contributed by atoms with Crippen LogP contribution in [-0.4, -0.2) is 30.4 Å². The van der Waals surface area contributed by atoms with Gasteiger partial charge in [-0.2, -0.15) is 0 Å². The fourth-order valence-corrected chi connectivity index (χ4v) is 3.38. The first-order valence-electron chi connectivity index (χ1n) is 4.52. The normalized spacial score (nSPS) is 13.4. The Hall–Kier alpha value is -0.850. The van der Waals surface area contributed by atoms with E-state index in [4.69, 9.17) is 25.3 Å². The van der Waals surface area contributed by atoms with Crippen LogP contribution in [0.1, 0.15) is 10.4 Å². The predicted molar refractivity (Wildman–Crippen MR) is 61.8 cm³/mol. The van der Waals surface area contributed by atoms with Gasteiger partial charge >= 0.3 is 15.2 Å². The largest absolute Gasteiger partial charge is 0.365 e. The van der Waals surface area contributed by atoms with E-state index in [9.17, 15) is 13.9 Å². The van der Waals surface area contributed by atoms with Crippen LogP contribution in [0, 0.1) is 0 Å². The van der Waals surface area contributed by atoms with Gasteiger partial charge in [-0.1, -0.05) is 30.3 Å². The maximum atomic E-state index is 11.9. The Balaban J connectivity index is 3.45. The maximum Gasteiger partial charge on any atom is 0.365 e. The van der Waals surface area contributed by atoms with Crippen molar-refractivity contribution < 1.29 is 33.5 Å². The van der Waals surface area contributed by atoms with Gasteiger partial charge in [0.05, 0.1) is 0 Å². The zero-order valence-electron chi connectivity index (χ0n) is 8.87. The number of ketones is 1. The predicted octanol–water partition coefficient (Wildman–Crippen LogP) is -0.163. The van der Waals surface area contributed by atoms with E-state index in [-0.39, 0.29) is 5.56 Å². The molecule has 0 amide bonds. The molecular formula is C8H11NO7P2. The van der Waals surface area contributed by atoms with E-state index >= 15 is 0 Å². The molecule has 1 aromatic carbocycles. The molecule has 1 rings (SSSR count). The highest BCUT2D eigenvalue weighted by atomic mass is 31.2. The second kappa shape index (κ2) is 4.68. The maximum absolute atomic E-state index is 11.9. The Morgan fingerprint density at radius 3 is 1.72 bits per heavy atom. The first kappa shape index (κ1) is 15.2. The first-order valence-corrected chi connectivity index (χ1v) is 7.74. The van der Waals surface area contributed by atoms with Gasteiger partial charge in [0.15, 0.2) is 0 Å². The average molecular weight is 295 g/mol. The third kappa shape index (κ3) is 2.46. The Labute approximate surface area is 102 Å². The topological polar surface area (TPSA) is 158 Å². The van der Waals surface area contributed by atoms with Crippen LogP contribution in [0.15, 0.2) is 30.3 Å². The Morgan fingerprint density at radius 1 is 1.00 bits per heavy atom. The summed E-state index contributed by atoms with van der Waals surface area (Å²) in [7, 11) is -11.1. The summed E-state index contributed by atoms with van der Waals surface area (Å²) >= 11 is 0. The van der Waals surface area contributed by atoms with E-state index in [1.54, 1.807) is 0 Å². The van der Waals surface area contributed by atoms with Gasteiger partial charge in [0.1, 0.15) is 0 Å². The number of Topliss-reactive ketones (excluding diaryl/α,β-unsaturated/α-hetero) is 1. The molecule has 0 saturated carbocycles. The van der Waals surface area contributed by atoms with Crippen molar-refractivity contribution in [3.05, 3.63) is 35.9 Å². The lowest BCUT2D eigenvalue weighted by Crippen LogP contribution is -2.47. The van der Waals surface area contributed by atoms with Crippen molar-refractivity contribution in [2.75, 3.05) is 0 Å². The Morgan fingerprint density at radius 2 is 1.39 bits per heavy atom.